The number of ether oxygens (including phenoxy) is 1. The molecule has 0 aliphatic rings. The Hall–Kier alpha value is -2.63. The van der Waals surface area contributed by atoms with Gasteiger partial charge in [-0.05, 0) is 31.5 Å². The number of esters is 1. The van der Waals surface area contributed by atoms with E-state index in [1.807, 2.05) is 13.0 Å². The van der Waals surface area contributed by atoms with Crippen molar-refractivity contribution in [3.8, 4) is 5.75 Å². The molecule has 6 nitrogen and oxygen atoms in total. The molecule has 0 fully saturated rings. The van der Waals surface area contributed by atoms with Gasteiger partial charge in [-0.3, -0.25) is 10.1 Å². The number of nitro groups is 1. The maximum absolute atomic E-state index is 11.7. The number of aryl methyl sites for hydroxylation is 2. The molecule has 0 unspecified atom stereocenters. The predicted molar refractivity (Wildman–Crippen MR) is 66.2 cm³/mol. The first-order valence-electron chi connectivity index (χ1n) is 5.51. The van der Waals surface area contributed by atoms with Crippen molar-refractivity contribution >= 4 is 11.9 Å². The van der Waals surface area contributed by atoms with Gasteiger partial charge in [-0.25, -0.2) is 4.79 Å². The first-order chi connectivity index (χ1) is 8.97. The molecule has 0 amide bonds. The molecular formula is C13H11NO5. The number of carbonyl (C=O) groups excluding carboxylic acids is 1. The molecule has 2 rings (SSSR count). The van der Waals surface area contributed by atoms with Gasteiger partial charge < -0.3 is 9.15 Å². The lowest BCUT2D eigenvalue weighted by Gasteiger charge is -2.06. The fourth-order valence-electron chi connectivity index (χ4n) is 1.60. The SMILES string of the molecule is Cc1ccc(OC(=O)c2ccc([N+](=O)[O-])o2)c(C)c1. The fourth-order valence-corrected chi connectivity index (χ4v) is 1.60. The molecule has 1 aromatic heterocycles. The van der Waals surface area contributed by atoms with Gasteiger partial charge in [0.25, 0.3) is 0 Å². The van der Waals surface area contributed by atoms with Crippen molar-refractivity contribution in [3.63, 3.8) is 0 Å². The summed E-state index contributed by atoms with van der Waals surface area (Å²) in [5.41, 5.74) is 1.85. The Morgan fingerprint density at radius 3 is 2.58 bits per heavy atom. The lowest BCUT2D eigenvalue weighted by Crippen LogP contribution is -2.08. The van der Waals surface area contributed by atoms with Gasteiger partial charge in [0.15, 0.2) is 0 Å². The van der Waals surface area contributed by atoms with Crippen LogP contribution in [0.25, 0.3) is 0 Å². The van der Waals surface area contributed by atoms with Crippen LogP contribution in [-0.2, 0) is 0 Å². The van der Waals surface area contributed by atoms with Crippen molar-refractivity contribution in [3.05, 3.63) is 57.3 Å². The Morgan fingerprint density at radius 1 is 1.26 bits per heavy atom. The maximum Gasteiger partial charge on any atom is 0.433 e. The van der Waals surface area contributed by atoms with Gasteiger partial charge in [0.1, 0.15) is 10.7 Å². The van der Waals surface area contributed by atoms with Crippen LogP contribution in [0.5, 0.6) is 5.75 Å². The van der Waals surface area contributed by atoms with Gasteiger partial charge in [-0.15, -0.1) is 0 Å². The molecule has 6 heteroatoms. The van der Waals surface area contributed by atoms with Gasteiger partial charge in [0.2, 0.25) is 5.76 Å². The second kappa shape index (κ2) is 4.93. The molecule has 0 N–H and O–H groups in total. The molecule has 0 aliphatic carbocycles. The molecule has 98 valence electrons. The van der Waals surface area contributed by atoms with Gasteiger partial charge >= 0.3 is 11.9 Å². The molecule has 0 saturated heterocycles. The highest BCUT2D eigenvalue weighted by molar-refractivity contribution is 5.88. The molecule has 0 aliphatic heterocycles. The lowest BCUT2D eigenvalue weighted by atomic mass is 10.1. The zero-order valence-corrected chi connectivity index (χ0v) is 10.4. The summed E-state index contributed by atoms with van der Waals surface area (Å²) < 4.78 is 9.89. The number of benzene rings is 1. The van der Waals surface area contributed by atoms with Crippen LogP contribution in [0.3, 0.4) is 0 Å². The Kier molecular flexibility index (Phi) is 3.33. The van der Waals surface area contributed by atoms with Crippen molar-refractivity contribution in [1.82, 2.24) is 0 Å². The number of hydrogen-bond donors (Lipinski definition) is 0. The number of furan rings is 1. The molecule has 0 atom stereocenters. The van der Waals surface area contributed by atoms with E-state index in [0.717, 1.165) is 17.2 Å². The molecule has 2 aromatic rings. The van der Waals surface area contributed by atoms with Crippen LogP contribution < -0.4 is 4.74 Å². The third-order valence-electron chi connectivity index (χ3n) is 2.51. The number of hydrogen-bond acceptors (Lipinski definition) is 5. The van der Waals surface area contributed by atoms with Crippen LogP contribution in [0.2, 0.25) is 0 Å². The highest BCUT2D eigenvalue weighted by Crippen LogP contribution is 2.22. The Morgan fingerprint density at radius 2 is 2.00 bits per heavy atom. The van der Waals surface area contributed by atoms with Crippen LogP contribution >= 0.6 is 0 Å². The maximum atomic E-state index is 11.7. The van der Waals surface area contributed by atoms with Crippen LogP contribution in [0.4, 0.5) is 5.88 Å². The second-order valence-electron chi connectivity index (χ2n) is 4.05. The summed E-state index contributed by atoms with van der Waals surface area (Å²) in [6.07, 6.45) is 0. The van der Waals surface area contributed by atoms with Crippen LogP contribution in [0, 0.1) is 24.0 Å². The van der Waals surface area contributed by atoms with Crippen LogP contribution in [-0.4, -0.2) is 10.9 Å². The van der Waals surface area contributed by atoms with Gasteiger partial charge in [-0.1, -0.05) is 17.7 Å². The minimum Gasteiger partial charge on any atom is -0.420 e. The summed E-state index contributed by atoms with van der Waals surface area (Å²) in [6, 6.07) is 7.66. The van der Waals surface area contributed by atoms with Crippen molar-refractivity contribution in [2.45, 2.75) is 13.8 Å². The molecule has 1 heterocycles. The van der Waals surface area contributed by atoms with E-state index in [2.05, 4.69) is 0 Å². The van der Waals surface area contributed by atoms with Gasteiger partial charge in [0.05, 0.1) is 6.07 Å². The van der Waals surface area contributed by atoms with E-state index in [-0.39, 0.29) is 5.76 Å². The summed E-state index contributed by atoms with van der Waals surface area (Å²) in [6.45, 7) is 3.73. The zero-order chi connectivity index (χ0) is 14.0. The first-order valence-corrected chi connectivity index (χ1v) is 5.51. The third kappa shape index (κ3) is 2.79. The minimum atomic E-state index is -0.764. The molecule has 0 saturated carbocycles. The normalized spacial score (nSPS) is 10.2. The lowest BCUT2D eigenvalue weighted by molar-refractivity contribution is -0.402. The zero-order valence-electron chi connectivity index (χ0n) is 10.4. The highest BCUT2D eigenvalue weighted by atomic mass is 16.7. The molecule has 0 spiro atoms. The van der Waals surface area contributed by atoms with Crippen LogP contribution in [0.1, 0.15) is 21.7 Å². The van der Waals surface area contributed by atoms with E-state index >= 15 is 0 Å². The molecule has 19 heavy (non-hydrogen) atoms. The summed E-state index contributed by atoms with van der Waals surface area (Å²) in [5.74, 6) is -1.06. The standard InChI is InChI=1S/C13H11NO5/c1-8-3-4-10(9(2)7-8)19-13(15)11-5-6-12(18-11)14(16)17/h3-7H,1-2H3. The van der Waals surface area contributed by atoms with E-state index in [1.54, 1.807) is 19.1 Å². The number of rotatable bonds is 3. The van der Waals surface area contributed by atoms with Crippen molar-refractivity contribution < 1.29 is 18.9 Å². The molecular weight excluding hydrogens is 250 g/mol. The smallest absolute Gasteiger partial charge is 0.420 e. The second-order valence-corrected chi connectivity index (χ2v) is 4.05. The molecule has 1 aromatic carbocycles. The van der Waals surface area contributed by atoms with E-state index in [4.69, 9.17) is 9.15 Å². The Labute approximate surface area is 108 Å². The van der Waals surface area contributed by atoms with Crippen LogP contribution in [0.15, 0.2) is 34.7 Å². The third-order valence-corrected chi connectivity index (χ3v) is 2.51. The Bertz CT molecular complexity index is 644. The average Bonchev–Trinajstić information content (AvgIpc) is 2.82. The summed E-state index contributed by atoms with van der Waals surface area (Å²) in [4.78, 5) is 21.5. The van der Waals surface area contributed by atoms with Gasteiger partial charge in [-0.2, -0.15) is 0 Å². The van der Waals surface area contributed by atoms with Crippen molar-refractivity contribution in [2.75, 3.05) is 0 Å². The highest BCUT2D eigenvalue weighted by Gasteiger charge is 2.19. The molecule has 0 bridgehead atoms. The van der Waals surface area contributed by atoms with E-state index < -0.39 is 16.8 Å². The number of carbonyl (C=O) groups is 1. The van der Waals surface area contributed by atoms with E-state index in [1.165, 1.54) is 6.07 Å². The topological polar surface area (TPSA) is 82.6 Å². The largest absolute Gasteiger partial charge is 0.433 e. The minimum absolute atomic E-state index is 0.202. The molecule has 0 radical (unpaired) electrons. The monoisotopic (exact) mass is 261 g/mol. The quantitative estimate of drug-likeness (QED) is 0.367. The average molecular weight is 261 g/mol. The first kappa shape index (κ1) is 12.8. The Balaban J connectivity index is 2.18. The van der Waals surface area contributed by atoms with Gasteiger partial charge in [0, 0.05) is 0 Å². The van der Waals surface area contributed by atoms with E-state index in [0.29, 0.717) is 5.75 Å². The predicted octanol–water partition coefficient (Wildman–Crippen LogP) is 3.02. The van der Waals surface area contributed by atoms with Crippen molar-refractivity contribution in [2.24, 2.45) is 0 Å². The fraction of sp³-hybridized carbons (Fsp3) is 0.154. The summed E-state index contributed by atoms with van der Waals surface area (Å²) >= 11 is 0. The summed E-state index contributed by atoms with van der Waals surface area (Å²) in [5, 5.41) is 10.4. The van der Waals surface area contributed by atoms with Crippen molar-refractivity contribution in [1.29, 1.82) is 0 Å². The summed E-state index contributed by atoms with van der Waals surface area (Å²) in [7, 11) is 0. The number of nitrogens with zero attached hydrogens (tertiary/aromatic N) is 1. The van der Waals surface area contributed by atoms with E-state index in [9.17, 15) is 14.9 Å².